The fourth-order valence-electron chi connectivity index (χ4n) is 2.33. The van der Waals surface area contributed by atoms with Crippen molar-refractivity contribution in [2.45, 2.75) is 26.9 Å². The third kappa shape index (κ3) is 4.53. The van der Waals surface area contributed by atoms with Crippen LogP contribution >= 0.6 is 0 Å². The Morgan fingerprint density at radius 1 is 1.00 bits per heavy atom. The zero-order valence-corrected chi connectivity index (χ0v) is 15.6. The van der Waals surface area contributed by atoms with Crippen LogP contribution in [0.15, 0.2) is 36.4 Å². The minimum atomic E-state index is -0.959. The zero-order valence-electron chi connectivity index (χ0n) is 15.6. The summed E-state index contributed by atoms with van der Waals surface area (Å²) in [5.74, 6) is -0.111. The number of nitrogens with one attached hydrogen (secondary N) is 1. The molecular formula is C20H23NO5. The topological polar surface area (TPSA) is 73.9 Å². The SMILES string of the molecule is COc1cc(OC)cc(C(=O)O[C@H](C)C(=O)Nc2cccc(C)c2C)c1. The smallest absolute Gasteiger partial charge is 0.339 e. The van der Waals surface area contributed by atoms with E-state index in [1.165, 1.54) is 33.3 Å². The Morgan fingerprint density at radius 2 is 1.62 bits per heavy atom. The van der Waals surface area contributed by atoms with Crippen LogP contribution in [0.4, 0.5) is 5.69 Å². The normalized spacial score (nSPS) is 11.4. The molecule has 1 atom stereocenters. The number of benzene rings is 2. The fourth-order valence-corrected chi connectivity index (χ4v) is 2.33. The van der Waals surface area contributed by atoms with Crippen molar-refractivity contribution in [2.75, 3.05) is 19.5 Å². The molecule has 0 aliphatic carbocycles. The summed E-state index contributed by atoms with van der Waals surface area (Å²) in [7, 11) is 2.98. The first-order valence-corrected chi connectivity index (χ1v) is 8.16. The minimum absolute atomic E-state index is 0.243. The second-order valence-corrected chi connectivity index (χ2v) is 5.89. The van der Waals surface area contributed by atoms with Gasteiger partial charge in [-0.25, -0.2) is 4.79 Å². The summed E-state index contributed by atoms with van der Waals surface area (Å²) in [6.07, 6.45) is -0.959. The summed E-state index contributed by atoms with van der Waals surface area (Å²) in [5.41, 5.74) is 2.97. The highest BCUT2D eigenvalue weighted by Crippen LogP contribution is 2.23. The Hall–Kier alpha value is -3.02. The lowest BCUT2D eigenvalue weighted by molar-refractivity contribution is -0.123. The lowest BCUT2D eigenvalue weighted by atomic mass is 10.1. The molecule has 0 heterocycles. The number of carbonyl (C=O) groups excluding carboxylic acids is 2. The van der Waals surface area contributed by atoms with Gasteiger partial charge in [-0.2, -0.15) is 0 Å². The van der Waals surface area contributed by atoms with Crippen LogP contribution in [-0.2, 0) is 9.53 Å². The number of esters is 1. The summed E-state index contributed by atoms with van der Waals surface area (Å²) >= 11 is 0. The third-order valence-corrected chi connectivity index (χ3v) is 4.10. The molecule has 6 heteroatoms. The number of amides is 1. The predicted molar refractivity (Wildman–Crippen MR) is 99.0 cm³/mol. The van der Waals surface area contributed by atoms with Crippen LogP contribution in [-0.4, -0.2) is 32.2 Å². The first kappa shape index (κ1) is 19.3. The predicted octanol–water partition coefficient (Wildman–Crippen LogP) is 3.50. The maximum atomic E-state index is 12.4. The Bertz CT molecular complexity index is 794. The van der Waals surface area contributed by atoms with E-state index < -0.39 is 18.0 Å². The molecule has 2 aromatic rings. The van der Waals surface area contributed by atoms with E-state index in [1.54, 1.807) is 6.07 Å². The molecule has 6 nitrogen and oxygen atoms in total. The van der Waals surface area contributed by atoms with E-state index in [2.05, 4.69) is 5.32 Å². The van der Waals surface area contributed by atoms with Gasteiger partial charge in [0.05, 0.1) is 19.8 Å². The van der Waals surface area contributed by atoms with Crippen molar-refractivity contribution in [2.24, 2.45) is 0 Å². The molecule has 2 rings (SSSR count). The summed E-state index contributed by atoms with van der Waals surface area (Å²) < 4.78 is 15.5. The largest absolute Gasteiger partial charge is 0.497 e. The Morgan fingerprint density at radius 3 is 2.19 bits per heavy atom. The molecule has 1 amide bonds. The number of hydrogen-bond donors (Lipinski definition) is 1. The Kier molecular flexibility index (Phi) is 6.22. The molecule has 1 N–H and O–H groups in total. The van der Waals surface area contributed by atoms with Crippen LogP contribution in [0.2, 0.25) is 0 Å². The van der Waals surface area contributed by atoms with Crippen LogP contribution in [0, 0.1) is 13.8 Å². The fraction of sp³-hybridized carbons (Fsp3) is 0.300. The van der Waals surface area contributed by atoms with Crippen molar-refractivity contribution in [3.05, 3.63) is 53.1 Å². The highest BCUT2D eigenvalue weighted by atomic mass is 16.5. The number of ether oxygens (including phenoxy) is 3. The molecule has 0 unspecified atom stereocenters. The van der Waals surface area contributed by atoms with Gasteiger partial charge in [0.2, 0.25) is 0 Å². The first-order chi connectivity index (χ1) is 12.3. The van der Waals surface area contributed by atoms with Gasteiger partial charge in [0, 0.05) is 11.8 Å². The summed E-state index contributed by atoms with van der Waals surface area (Å²) in [5, 5.41) is 2.79. The number of aryl methyl sites for hydroxylation is 1. The van der Waals surface area contributed by atoms with Crippen molar-refractivity contribution >= 4 is 17.6 Å². The monoisotopic (exact) mass is 357 g/mol. The first-order valence-electron chi connectivity index (χ1n) is 8.16. The average Bonchev–Trinajstić information content (AvgIpc) is 2.64. The molecule has 0 saturated carbocycles. The second kappa shape index (κ2) is 8.38. The average molecular weight is 357 g/mol. The molecule has 0 aliphatic rings. The van der Waals surface area contributed by atoms with Crippen LogP contribution in [0.3, 0.4) is 0 Å². The van der Waals surface area contributed by atoms with Gasteiger partial charge in [-0.3, -0.25) is 4.79 Å². The van der Waals surface area contributed by atoms with Crippen molar-refractivity contribution < 1.29 is 23.8 Å². The van der Waals surface area contributed by atoms with Crippen LogP contribution in [0.1, 0.15) is 28.4 Å². The van der Waals surface area contributed by atoms with E-state index in [0.717, 1.165) is 11.1 Å². The van der Waals surface area contributed by atoms with E-state index in [0.29, 0.717) is 17.2 Å². The van der Waals surface area contributed by atoms with Crippen LogP contribution < -0.4 is 14.8 Å². The van der Waals surface area contributed by atoms with E-state index in [1.807, 2.05) is 32.0 Å². The zero-order chi connectivity index (χ0) is 19.3. The van der Waals surface area contributed by atoms with Gasteiger partial charge < -0.3 is 19.5 Å². The van der Waals surface area contributed by atoms with E-state index in [-0.39, 0.29) is 5.56 Å². The number of hydrogen-bond acceptors (Lipinski definition) is 5. The van der Waals surface area contributed by atoms with Gasteiger partial charge in [-0.1, -0.05) is 12.1 Å². The Labute approximate surface area is 153 Å². The molecule has 0 aliphatic heterocycles. The Balaban J connectivity index is 2.09. The minimum Gasteiger partial charge on any atom is -0.497 e. The quantitative estimate of drug-likeness (QED) is 0.801. The number of carbonyl (C=O) groups is 2. The van der Waals surface area contributed by atoms with Crippen molar-refractivity contribution in [3.8, 4) is 11.5 Å². The van der Waals surface area contributed by atoms with Crippen molar-refractivity contribution in [1.29, 1.82) is 0 Å². The molecular weight excluding hydrogens is 334 g/mol. The molecule has 0 spiro atoms. The summed E-state index contributed by atoms with van der Waals surface area (Å²) in [4.78, 5) is 24.7. The highest BCUT2D eigenvalue weighted by Gasteiger charge is 2.20. The third-order valence-electron chi connectivity index (χ3n) is 4.10. The lowest BCUT2D eigenvalue weighted by Gasteiger charge is -2.16. The number of anilines is 1. The lowest BCUT2D eigenvalue weighted by Crippen LogP contribution is -2.30. The van der Waals surface area contributed by atoms with E-state index in [9.17, 15) is 9.59 Å². The van der Waals surface area contributed by atoms with Gasteiger partial charge in [0.1, 0.15) is 11.5 Å². The number of methoxy groups -OCH3 is 2. The summed E-state index contributed by atoms with van der Waals surface area (Å²) in [6.45, 7) is 5.41. The maximum Gasteiger partial charge on any atom is 0.339 e. The van der Waals surface area contributed by atoms with Gasteiger partial charge in [-0.05, 0) is 50.1 Å². The molecule has 0 saturated heterocycles. The summed E-state index contributed by atoms with van der Waals surface area (Å²) in [6, 6.07) is 10.3. The standard InChI is InChI=1S/C20H23NO5/c1-12-7-6-8-18(13(12)2)21-19(22)14(3)26-20(23)15-9-16(24-4)11-17(10-15)25-5/h6-11,14H,1-5H3,(H,21,22)/t14-/m1/s1. The van der Waals surface area contributed by atoms with Gasteiger partial charge in [-0.15, -0.1) is 0 Å². The van der Waals surface area contributed by atoms with E-state index in [4.69, 9.17) is 14.2 Å². The van der Waals surface area contributed by atoms with Gasteiger partial charge in [0.15, 0.2) is 6.10 Å². The maximum absolute atomic E-state index is 12.4. The van der Waals surface area contributed by atoms with Crippen molar-refractivity contribution in [1.82, 2.24) is 0 Å². The molecule has 138 valence electrons. The molecule has 2 aromatic carbocycles. The van der Waals surface area contributed by atoms with Crippen molar-refractivity contribution in [3.63, 3.8) is 0 Å². The molecule has 0 bridgehead atoms. The molecule has 0 aromatic heterocycles. The van der Waals surface area contributed by atoms with Crippen LogP contribution in [0.5, 0.6) is 11.5 Å². The van der Waals surface area contributed by atoms with E-state index >= 15 is 0 Å². The molecule has 0 fully saturated rings. The van der Waals surface area contributed by atoms with Gasteiger partial charge >= 0.3 is 5.97 Å². The van der Waals surface area contributed by atoms with Gasteiger partial charge in [0.25, 0.3) is 5.91 Å². The highest BCUT2D eigenvalue weighted by molar-refractivity contribution is 5.98. The molecule has 26 heavy (non-hydrogen) atoms. The van der Waals surface area contributed by atoms with Crippen LogP contribution in [0.25, 0.3) is 0 Å². The number of rotatable bonds is 6. The molecule has 0 radical (unpaired) electrons. The second-order valence-electron chi connectivity index (χ2n) is 5.89.